The Hall–Kier alpha value is -1.38. The molecule has 0 aliphatic heterocycles. The van der Waals surface area contributed by atoms with Crippen molar-refractivity contribution in [1.29, 1.82) is 0 Å². The first-order valence-electron chi connectivity index (χ1n) is 6.22. The fourth-order valence-corrected chi connectivity index (χ4v) is 2.34. The molecule has 2 aromatic rings. The number of aryl methyl sites for hydroxylation is 2. The van der Waals surface area contributed by atoms with Crippen molar-refractivity contribution in [2.24, 2.45) is 0 Å². The quantitative estimate of drug-likeness (QED) is 0.876. The minimum absolute atomic E-state index is 0.170. The van der Waals surface area contributed by atoms with Gasteiger partial charge >= 0.3 is 0 Å². The van der Waals surface area contributed by atoms with Crippen molar-refractivity contribution in [1.82, 2.24) is 5.32 Å². The van der Waals surface area contributed by atoms with Gasteiger partial charge in [-0.2, -0.15) is 0 Å². The van der Waals surface area contributed by atoms with E-state index in [4.69, 9.17) is 11.6 Å². The largest absolute Gasteiger partial charge is 0.309 e. The van der Waals surface area contributed by atoms with Crippen LogP contribution < -0.4 is 5.32 Å². The Kier molecular flexibility index (Phi) is 4.23. The maximum absolute atomic E-state index is 14.0. The first-order chi connectivity index (χ1) is 9.02. The van der Waals surface area contributed by atoms with Crippen LogP contribution in [0, 0.1) is 19.7 Å². The molecule has 0 bridgehead atoms. The van der Waals surface area contributed by atoms with E-state index in [1.165, 1.54) is 17.2 Å². The molecule has 1 nitrogen and oxygen atoms in total. The van der Waals surface area contributed by atoms with Crippen LogP contribution in [0.3, 0.4) is 0 Å². The Morgan fingerprint density at radius 2 is 1.79 bits per heavy atom. The predicted octanol–water partition coefficient (Wildman–Crippen LogP) is 4.40. The lowest BCUT2D eigenvalue weighted by atomic mass is 9.95. The van der Waals surface area contributed by atoms with Gasteiger partial charge in [-0.1, -0.05) is 35.9 Å². The van der Waals surface area contributed by atoms with Crippen LogP contribution in [-0.4, -0.2) is 7.05 Å². The van der Waals surface area contributed by atoms with Crippen molar-refractivity contribution in [3.63, 3.8) is 0 Å². The highest BCUT2D eigenvalue weighted by Gasteiger charge is 2.16. The highest BCUT2D eigenvalue weighted by Crippen LogP contribution is 2.27. The van der Waals surface area contributed by atoms with Crippen LogP contribution in [0.4, 0.5) is 4.39 Å². The molecule has 19 heavy (non-hydrogen) atoms. The van der Waals surface area contributed by atoms with Crippen LogP contribution in [-0.2, 0) is 0 Å². The van der Waals surface area contributed by atoms with E-state index in [-0.39, 0.29) is 11.9 Å². The zero-order valence-electron chi connectivity index (χ0n) is 11.3. The van der Waals surface area contributed by atoms with Crippen LogP contribution >= 0.6 is 11.6 Å². The van der Waals surface area contributed by atoms with E-state index >= 15 is 0 Å². The molecule has 0 amide bonds. The zero-order valence-corrected chi connectivity index (χ0v) is 12.1. The van der Waals surface area contributed by atoms with Gasteiger partial charge in [-0.15, -0.1) is 0 Å². The van der Waals surface area contributed by atoms with E-state index < -0.39 is 0 Å². The standard InChI is InChI=1S/C16H17ClFN/c1-10-4-5-12(8-11(10)2)16(19-3)14-7-6-13(17)9-15(14)18/h4-9,16,19H,1-3H3. The highest BCUT2D eigenvalue weighted by molar-refractivity contribution is 6.30. The zero-order chi connectivity index (χ0) is 14.0. The molecule has 0 saturated heterocycles. The lowest BCUT2D eigenvalue weighted by Crippen LogP contribution is -2.19. The van der Waals surface area contributed by atoms with Gasteiger partial charge in [-0.05, 0) is 49.7 Å². The Morgan fingerprint density at radius 1 is 1.05 bits per heavy atom. The first kappa shape index (κ1) is 14.0. The Balaban J connectivity index is 2.46. The smallest absolute Gasteiger partial charge is 0.129 e. The van der Waals surface area contributed by atoms with E-state index in [0.29, 0.717) is 10.6 Å². The summed E-state index contributed by atoms with van der Waals surface area (Å²) in [4.78, 5) is 0. The summed E-state index contributed by atoms with van der Waals surface area (Å²) in [7, 11) is 1.83. The summed E-state index contributed by atoms with van der Waals surface area (Å²) in [5.41, 5.74) is 4.09. The van der Waals surface area contributed by atoms with Crippen molar-refractivity contribution in [3.8, 4) is 0 Å². The average Bonchev–Trinajstić information content (AvgIpc) is 2.37. The van der Waals surface area contributed by atoms with Gasteiger partial charge in [0.25, 0.3) is 0 Å². The second-order valence-corrected chi connectivity index (χ2v) is 5.17. The fourth-order valence-electron chi connectivity index (χ4n) is 2.18. The molecule has 0 fully saturated rings. The minimum atomic E-state index is -0.287. The lowest BCUT2D eigenvalue weighted by molar-refractivity contribution is 0.576. The van der Waals surface area contributed by atoms with Crippen LogP contribution in [0.15, 0.2) is 36.4 Å². The molecule has 2 rings (SSSR count). The van der Waals surface area contributed by atoms with Gasteiger partial charge in [0.1, 0.15) is 5.82 Å². The molecule has 0 spiro atoms. The third-order valence-corrected chi connectivity index (χ3v) is 3.66. The lowest BCUT2D eigenvalue weighted by Gasteiger charge is -2.19. The monoisotopic (exact) mass is 277 g/mol. The van der Waals surface area contributed by atoms with Crippen molar-refractivity contribution in [3.05, 3.63) is 69.5 Å². The maximum atomic E-state index is 14.0. The normalized spacial score (nSPS) is 12.5. The van der Waals surface area contributed by atoms with Crippen molar-refractivity contribution in [2.75, 3.05) is 7.05 Å². The molecule has 0 aliphatic carbocycles. The highest BCUT2D eigenvalue weighted by atomic mass is 35.5. The minimum Gasteiger partial charge on any atom is -0.309 e. The average molecular weight is 278 g/mol. The molecule has 1 unspecified atom stereocenters. The number of benzene rings is 2. The molecule has 1 atom stereocenters. The third kappa shape index (κ3) is 2.96. The summed E-state index contributed by atoms with van der Waals surface area (Å²) in [6.45, 7) is 4.13. The van der Waals surface area contributed by atoms with Crippen LogP contribution in [0.25, 0.3) is 0 Å². The van der Waals surface area contributed by atoms with Crippen molar-refractivity contribution in [2.45, 2.75) is 19.9 Å². The van der Waals surface area contributed by atoms with Crippen LogP contribution in [0.5, 0.6) is 0 Å². The van der Waals surface area contributed by atoms with Gasteiger partial charge < -0.3 is 5.32 Å². The van der Waals surface area contributed by atoms with Gasteiger partial charge in [0, 0.05) is 10.6 Å². The number of hydrogen-bond acceptors (Lipinski definition) is 1. The van der Waals surface area contributed by atoms with Gasteiger partial charge in [0.2, 0.25) is 0 Å². The molecule has 0 aromatic heterocycles. The van der Waals surface area contributed by atoms with E-state index in [0.717, 1.165) is 5.56 Å². The summed E-state index contributed by atoms with van der Waals surface area (Å²) in [6.07, 6.45) is 0. The van der Waals surface area contributed by atoms with Crippen LogP contribution in [0.1, 0.15) is 28.3 Å². The molecule has 0 heterocycles. The number of hydrogen-bond donors (Lipinski definition) is 1. The van der Waals surface area contributed by atoms with Crippen molar-refractivity contribution >= 4 is 11.6 Å². The van der Waals surface area contributed by atoms with E-state index in [2.05, 4.69) is 31.3 Å². The van der Waals surface area contributed by atoms with Gasteiger partial charge in [0.05, 0.1) is 6.04 Å². The number of nitrogens with one attached hydrogen (secondary N) is 1. The first-order valence-corrected chi connectivity index (χ1v) is 6.60. The van der Waals surface area contributed by atoms with Gasteiger partial charge in [0.15, 0.2) is 0 Å². The summed E-state index contributed by atoms with van der Waals surface area (Å²) in [5.74, 6) is -0.287. The number of halogens is 2. The Bertz CT molecular complexity index is 595. The summed E-state index contributed by atoms with van der Waals surface area (Å²) >= 11 is 5.80. The second-order valence-electron chi connectivity index (χ2n) is 4.73. The molecule has 0 saturated carbocycles. The molecular weight excluding hydrogens is 261 g/mol. The topological polar surface area (TPSA) is 12.0 Å². The molecular formula is C16H17ClFN. The Labute approximate surface area is 118 Å². The molecule has 2 aromatic carbocycles. The van der Waals surface area contributed by atoms with Crippen LogP contribution in [0.2, 0.25) is 5.02 Å². The molecule has 1 N–H and O–H groups in total. The third-order valence-electron chi connectivity index (χ3n) is 3.43. The molecule has 0 aliphatic rings. The fraction of sp³-hybridized carbons (Fsp3) is 0.250. The molecule has 100 valence electrons. The summed E-state index contributed by atoms with van der Waals surface area (Å²) in [5, 5.41) is 3.57. The van der Waals surface area contributed by atoms with Gasteiger partial charge in [-0.25, -0.2) is 4.39 Å². The molecule has 0 radical (unpaired) electrons. The Morgan fingerprint density at radius 3 is 2.37 bits per heavy atom. The van der Waals surface area contributed by atoms with E-state index in [9.17, 15) is 4.39 Å². The summed E-state index contributed by atoms with van der Waals surface area (Å²) in [6, 6.07) is 10.8. The van der Waals surface area contributed by atoms with E-state index in [1.807, 2.05) is 13.1 Å². The van der Waals surface area contributed by atoms with Crippen molar-refractivity contribution < 1.29 is 4.39 Å². The predicted molar refractivity (Wildman–Crippen MR) is 78.2 cm³/mol. The SMILES string of the molecule is CNC(c1ccc(C)c(C)c1)c1ccc(Cl)cc1F. The maximum Gasteiger partial charge on any atom is 0.129 e. The summed E-state index contributed by atoms with van der Waals surface area (Å²) < 4.78 is 14.0. The molecule has 3 heteroatoms. The van der Waals surface area contributed by atoms with Gasteiger partial charge in [-0.3, -0.25) is 0 Å². The van der Waals surface area contributed by atoms with E-state index in [1.54, 1.807) is 12.1 Å². The second kappa shape index (κ2) is 5.72. The number of rotatable bonds is 3.